The van der Waals surface area contributed by atoms with Gasteiger partial charge in [-0.15, -0.1) is 0 Å². The van der Waals surface area contributed by atoms with Gasteiger partial charge >= 0.3 is 0 Å². The third-order valence-electron chi connectivity index (χ3n) is 3.80. The van der Waals surface area contributed by atoms with E-state index in [1.807, 2.05) is 13.0 Å². The van der Waals surface area contributed by atoms with Crippen LogP contribution in [0.4, 0.5) is 4.39 Å². The van der Waals surface area contributed by atoms with Gasteiger partial charge in [-0.05, 0) is 24.6 Å². The van der Waals surface area contributed by atoms with Gasteiger partial charge in [0.15, 0.2) is 0 Å². The van der Waals surface area contributed by atoms with Crippen LogP contribution in [0, 0.1) is 12.7 Å². The highest BCUT2D eigenvalue weighted by molar-refractivity contribution is 5.81. The van der Waals surface area contributed by atoms with Gasteiger partial charge in [0.2, 0.25) is 5.91 Å². The SMILES string of the molecule is Cc1cccc2c(=O)n(CC(=O)NCc3ccccc3F)cnc12. The van der Waals surface area contributed by atoms with E-state index in [-0.39, 0.29) is 30.4 Å². The van der Waals surface area contributed by atoms with Crippen LogP contribution >= 0.6 is 0 Å². The first kappa shape index (κ1) is 15.9. The second-order valence-electron chi connectivity index (χ2n) is 5.52. The van der Waals surface area contributed by atoms with E-state index in [1.54, 1.807) is 30.3 Å². The van der Waals surface area contributed by atoms with Gasteiger partial charge in [0.1, 0.15) is 12.4 Å². The standard InChI is InChI=1S/C18H16FN3O2/c1-12-5-4-7-14-17(12)21-11-22(18(14)24)10-16(23)20-9-13-6-2-3-8-15(13)19/h2-8,11H,9-10H2,1H3,(H,20,23). The van der Waals surface area contributed by atoms with Crippen LogP contribution in [0.25, 0.3) is 10.9 Å². The molecule has 1 heterocycles. The van der Waals surface area contributed by atoms with Gasteiger partial charge < -0.3 is 5.32 Å². The molecule has 5 nitrogen and oxygen atoms in total. The van der Waals surface area contributed by atoms with Crippen molar-refractivity contribution in [2.75, 3.05) is 0 Å². The fraction of sp³-hybridized carbons (Fsp3) is 0.167. The number of hydrogen-bond donors (Lipinski definition) is 1. The minimum Gasteiger partial charge on any atom is -0.350 e. The molecule has 0 aliphatic heterocycles. The average Bonchev–Trinajstić information content (AvgIpc) is 2.57. The second-order valence-corrected chi connectivity index (χ2v) is 5.52. The van der Waals surface area contributed by atoms with Crippen LogP contribution in [0.1, 0.15) is 11.1 Å². The van der Waals surface area contributed by atoms with E-state index in [0.717, 1.165) is 5.56 Å². The molecule has 3 aromatic rings. The van der Waals surface area contributed by atoms with Gasteiger partial charge in [-0.1, -0.05) is 30.3 Å². The molecular weight excluding hydrogens is 309 g/mol. The first-order valence-electron chi connectivity index (χ1n) is 7.51. The molecule has 0 fully saturated rings. The molecule has 122 valence electrons. The van der Waals surface area contributed by atoms with Crippen LogP contribution in [-0.4, -0.2) is 15.5 Å². The Bertz CT molecular complexity index is 966. The Kier molecular flexibility index (Phi) is 4.37. The summed E-state index contributed by atoms with van der Waals surface area (Å²) in [5, 5.41) is 3.08. The topological polar surface area (TPSA) is 64.0 Å². The zero-order chi connectivity index (χ0) is 17.1. The Morgan fingerprint density at radius 3 is 2.79 bits per heavy atom. The van der Waals surface area contributed by atoms with Crippen LogP contribution in [-0.2, 0) is 17.9 Å². The minimum absolute atomic E-state index is 0.0698. The molecular formula is C18H16FN3O2. The maximum atomic E-state index is 13.5. The first-order chi connectivity index (χ1) is 11.6. The third-order valence-corrected chi connectivity index (χ3v) is 3.80. The predicted octanol–water partition coefficient (Wildman–Crippen LogP) is 2.16. The molecule has 1 amide bonds. The van der Waals surface area contributed by atoms with Gasteiger partial charge in [0, 0.05) is 12.1 Å². The van der Waals surface area contributed by atoms with Crippen molar-refractivity contribution < 1.29 is 9.18 Å². The molecule has 1 N–H and O–H groups in total. The summed E-state index contributed by atoms with van der Waals surface area (Å²) in [5.74, 6) is -0.757. The maximum absolute atomic E-state index is 13.5. The molecule has 0 atom stereocenters. The molecule has 0 aliphatic carbocycles. The molecule has 6 heteroatoms. The number of carbonyl (C=O) groups is 1. The maximum Gasteiger partial charge on any atom is 0.261 e. The number of amides is 1. The van der Waals surface area contributed by atoms with Gasteiger partial charge in [0.05, 0.1) is 17.2 Å². The Labute approximate surface area is 137 Å². The number of nitrogens with zero attached hydrogens (tertiary/aromatic N) is 2. The molecule has 0 spiro atoms. The number of nitrogens with one attached hydrogen (secondary N) is 1. The first-order valence-corrected chi connectivity index (χ1v) is 7.51. The van der Waals surface area contributed by atoms with E-state index in [2.05, 4.69) is 10.3 Å². The Hall–Kier alpha value is -3.02. The van der Waals surface area contributed by atoms with E-state index in [1.165, 1.54) is 17.0 Å². The fourth-order valence-electron chi connectivity index (χ4n) is 2.50. The lowest BCUT2D eigenvalue weighted by molar-refractivity contribution is -0.121. The zero-order valence-corrected chi connectivity index (χ0v) is 13.1. The summed E-state index contributed by atoms with van der Waals surface area (Å²) in [5.41, 5.74) is 1.65. The van der Waals surface area contributed by atoms with E-state index in [0.29, 0.717) is 16.5 Å². The highest BCUT2D eigenvalue weighted by Gasteiger charge is 2.10. The summed E-state index contributed by atoms with van der Waals surface area (Å²) in [6.07, 6.45) is 1.36. The number of carbonyl (C=O) groups excluding carboxylic acids is 1. The number of halogens is 1. The largest absolute Gasteiger partial charge is 0.350 e. The smallest absolute Gasteiger partial charge is 0.261 e. The number of fused-ring (bicyclic) bond motifs is 1. The third kappa shape index (κ3) is 3.17. The van der Waals surface area contributed by atoms with E-state index >= 15 is 0 Å². The number of para-hydroxylation sites is 1. The Morgan fingerprint density at radius 1 is 1.21 bits per heavy atom. The van der Waals surface area contributed by atoms with Crippen LogP contribution in [0.5, 0.6) is 0 Å². The van der Waals surface area contributed by atoms with Crippen molar-refractivity contribution in [3.05, 3.63) is 76.1 Å². The molecule has 3 rings (SSSR count). The van der Waals surface area contributed by atoms with Crippen LogP contribution in [0.3, 0.4) is 0 Å². The molecule has 24 heavy (non-hydrogen) atoms. The minimum atomic E-state index is -0.380. The molecule has 1 aromatic heterocycles. The van der Waals surface area contributed by atoms with Crippen LogP contribution in [0.2, 0.25) is 0 Å². The van der Waals surface area contributed by atoms with Crippen molar-refractivity contribution in [2.24, 2.45) is 0 Å². The molecule has 0 aliphatic rings. The van der Waals surface area contributed by atoms with Gasteiger partial charge in [-0.3, -0.25) is 14.2 Å². The Balaban J connectivity index is 1.75. The summed E-state index contributed by atoms with van der Waals surface area (Å²) in [7, 11) is 0. The van der Waals surface area contributed by atoms with Crippen LogP contribution < -0.4 is 10.9 Å². The highest BCUT2D eigenvalue weighted by atomic mass is 19.1. The fourth-order valence-corrected chi connectivity index (χ4v) is 2.50. The number of benzene rings is 2. The number of aromatic nitrogens is 2. The lowest BCUT2D eigenvalue weighted by Gasteiger charge is -2.09. The monoisotopic (exact) mass is 325 g/mol. The summed E-state index contributed by atoms with van der Waals surface area (Å²) in [6, 6.07) is 11.6. The van der Waals surface area contributed by atoms with Crippen molar-refractivity contribution >= 4 is 16.8 Å². The molecule has 0 radical (unpaired) electrons. The molecule has 2 aromatic carbocycles. The summed E-state index contributed by atoms with van der Waals surface area (Å²) < 4.78 is 14.8. The number of rotatable bonds is 4. The van der Waals surface area contributed by atoms with Crippen molar-refractivity contribution in [2.45, 2.75) is 20.0 Å². The second kappa shape index (κ2) is 6.62. The van der Waals surface area contributed by atoms with Gasteiger partial charge in [-0.2, -0.15) is 0 Å². The molecule has 0 bridgehead atoms. The predicted molar refractivity (Wildman–Crippen MR) is 89.0 cm³/mol. The summed E-state index contributed by atoms with van der Waals surface area (Å²) >= 11 is 0. The van der Waals surface area contributed by atoms with Crippen LogP contribution in [0.15, 0.2) is 53.6 Å². The van der Waals surface area contributed by atoms with E-state index in [4.69, 9.17) is 0 Å². The summed E-state index contributed by atoms with van der Waals surface area (Å²) in [6.45, 7) is 1.78. The summed E-state index contributed by atoms with van der Waals surface area (Å²) in [4.78, 5) is 28.7. The lowest BCUT2D eigenvalue weighted by Crippen LogP contribution is -2.32. The normalized spacial score (nSPS) is 10.8. The molecule has 0 saturated heterocycles. The highest BCUT2D eigenvalue weighted by Crippen LogP contribution is 2.11. The number of hydrogen-bond acceptors (Lipinski definition) is 3. The van der Waals surface area contributed by atoms with E-state index < -0.39 is 0 Å². The average molecular weight is 325 g/mol. The van der Waals surface area contributed by atoms with E-state index in [9.17, 15) is 14.0 Å². The molecule has 0 saturated carbocycles. The number of aryl methyl sites for hydroxylation is 1. The van der Waals surface area contributed by atoms with Gasteiger partial charge in [-0.25, -0.2) is 9.37 Å². The quantitative estimate of drug-likeness (QED) is 0.799. The van der Waals surface area contributed by atoms with Crippen molar-refractivity contribution in [1.29, 1.82) is 0 Å². The molecule has 0 unspecified atom stereocenters. The Morgan fingerprint density at radius 2 is 2.00 bits per heavy atom. The van der Waals surface area contributed by atoms with Gasteiger partial charge in [0.25, 0.3) is 5.56 Å². The van der Waals surface area contributed by atoms with Crippen molar-refractivity contribution in [1.82, 2.24) is 14.9 Å². The van der Waals surface area contributed by atoms with Crippen molar-refractivity contribution in [3.8, 4) is 0 Å². The zero-order valence-electron chi connectivity index (χ0n) is 13.1. The lowest BCUT2D eigenvalue weighted by atomic mass is 10.1. The van der Waals surface area contributed by atoms with Crippen molar-refractivity contribution in [3.63, 3.8) is 0 Å².